The van der Waals surface area contributed by atoms with E-state index in [1.54, 1.807) is 11.3 Å². The van der Waals surface area contributed by atoms with E-state index in [0.29, 0.717) is 6.54 Å². The summed E-state index contributed by atoms with van der Waals surface area (Å²) in [6.45, 7) is 2.76. The normalized spacial score (nSPS) is 11.7. The zero-order chi connectivity index (χ0) is 18.6. The van der Waals surface area contributed by atoms with E-state index in [2.05, 4.69) is 65.4 Å². The van der Waals surface area contributed by atoms with Gasteiger partial charge in [-0.2, -0.15) is 0 Å². The fourth-order valence-electron chi connectivity index (χ4n) is 2.93. The minimum Gasteiger partial charge on any atom is -0.285 e. The van der Waals surface area contributed by atoms with E-state index in [0.717, 1.165) is 26.8 Å². The maximum absolute atomic E-state index is 6.07. The van der Waals surface area contributed by atoms with E-state index >= 15 is 0 Å². The van der Waals surface area contributed by atoms with Crippen LogP contribution in [0.25, 0.3) is 16.9 Å². The average Bonchev–Trinajstić information content (AvgIpc) is 3.12. The van der Waals surface area contributed by atoms with Crippen molar-refractivity contribution < 1.29 is 0 Å². The van der Waals surface area contributed by atoms with Crippen molar-refractivity contribution >= 4 is 22.9 Å². The highest BCUT2D eigenvalue weighted by Crippen LogP contribution is 2.25. The lowest BCUT2D eigenvalue weighted by Crippen LogP contribution is -2.14. The predicted octanol–water partition coefficient (Wildman–Crippen LogP) is 6.27. The summed E-state index contributed by atoms with van der Waals surface area (Å²) in [5.41, 5.74) is 5.79. The molecule has 27 heavy (non-hydrogen) atoms. The molecule has 2 nitrogen and oxygen atoms in total. The Kier molecular flexibility index (Phi) is 5.23. The Morgan fingerprint density at radius 2 is 1.59 bits per heavy atom. The number of hydrogen-bond donors (Lipinski definition) is 0. The molecule has 0 atom stereocenters. The second-order valence-electron chi connectivity index (χ2n) is 6.38. The van der Waals surface area contributed by atoms with Crippen molar-refractivity contribution in [1.29, 1.82) is 0 Å². The lowest BCUT2D eigenvalue weighted by Gasteiger charge is -2.10. The molecule has 1 aromatic heterocycles. The van der Waals surface area contributed by atoms with Crippen LogP contribution in [0.3, 0.4) is 0 Å². The molecule has 4 heteroatoms. The van der Waals surface area contributed by atoms with E-state index in [4.69, 9.17) is 16.6 Å². The second-order valence-corrected chi connectivity index (χ2v) is 7.66. The fraction of sp³-hybridized carbons (Fsp3) is 0.0870. The highest BCUT2D eigenvalue weighted by molar-refractivity contribution is 7.07. The number of benzene rings is 3. The highest BCUT2D eigenvalue weighted by atomic mass is 35.5. The Hall–Kier alpha value is -2.62. The topological polar surface area (TPSA) is 17.3 Å². The van der Waals surface area contributed by atoms with Gasteiger partial charge in [0.15, 0.2) is 4.80 Å². The Morgan fingerprint density at radius 3 is 2.30 bits per heavy atom. The molecular formula is C23H19ClN2S. The van der Waals surface area contributed by atoms with Gasteiger partial charge in [-0.1, -0.05) is 71.8 Å². The number of aryl methyl sites for hydroxylation is 1. The van der Waals surface area contributed by atoms with Crippen molar-refractivity contribution in [3.63, 3.8) is 0 Å². The molecule has 4 aromatic rings. The van der Waals surface area contributed by atoms with Crippen LogP contribution in [0.5, 0.6) is 0 Å². The summed E-state index contributed by atoms with van der Waals surface area (Å²) in [5.74, 6) is 0. The number of halogens is 1. The van der Waals surface area contributed by atoms with Crippen LogP contribution >= 0.6 is 22.9 Å². The number of hydrogen-bond acceptors (Lipinski definition) is 2. The van der Waals surface area contributed by atoms with Gasteiger partial charge in [0.1, 0.15) is 0 Å². The van der Waals surface area contributed by atoms with Crippen molar-refractivity contribution in [3.05, 3.63) is 105 Å². The smallest absolute Gasteiger partial charge is 0.190 e. The zero-order valence-corrected chi connectivity index (χ0v) is 16.5. The van der Waals surface area contributed by atoms with Gasteiger partial charge in [-0.05, 0) is 42.3 Å². The molecular weight excluding hydrogens is 372 g/mol. The summed E-state index contributed by atoms with van der Waals surface area (Å²) in [6.07, 6.45) is 0. The monoisotopic (exact) mass is 390 g/mol. The molecule has 0 unspecified atom stereocenters. The lowest BCUT2D eigenvalue weighted by atomic mass is 10.1. The van der Waals surface area contributed by atoms with Gasteiger partial charge in [0.2, 0.25) is 0 Å². The van der Waals surface area contributed by atoms with Gasteiger partial charge in [-0.25, -0.2) is 0 Å². The molecule has 0 fully saturated rings. The maximum atomic E-state index is 6.07. The largest absolute Gasteiger partial charge is 0.285 e. The number of rotatable bonds is 4. The van der Waals surface area contributed by atoms with E-state index in [9.17, 15) is 0 Å². The summed E-state index contributed by atoms with van der Waals surface area (Å²) in [5, 5.41) is 2.90. The van der Waals surface area contributed by atoms with Gasteiger partial charge >= 0.3 is 0 Å². The average molecular weight is 391 g/mol. The van der Waals surface area contributed by atoms with Gasteiger partial charge < -0.3 is 0 Å². The van der Waals surface area contributed by atoms with Crippen LogP contribution in [-0.2, 0) is 6.54 Å². The van der Waals surface area contributed by atoms with E-state index in [1.807, 2.05) is 30.3 Å². The first-order chi connectivity index (χ1) is 13.2. The lowest BCUT2D eigenvalue weighted by molar-refractivity contribution is 0.928. The Morgan fingerprint density at radius 1 is 0.889 bits per heavy atom. The molecule has 0 spiro atoms. The van der Waals surface area contributed by atoms with Crippen LogP contribution in [0.4, 0.5) is 0 Å². The van der Waals surface area contributed by atoms with Crippen molar-refractivity contribution in [1.82, 2.24) is 4.57 Å². The molecule has 0 radical (unpaired) electrons. The summed E-state index contributed by atoms with van der Waals surface area (Å²) in [6, 6.07) is 26.8. The quantitative estimate of drug-likeness (QED) is 0.391. The van der Waals surface area contributed by atoms with Crippen molar-refractivity contribution in [2.75, 3.05) is 0 Å². The molecule has 0 saturated heterocycles. The first kappa shape index (κ1) is 17.8. The summed E-state index contributed by atoms with van der Waals surface area (Å²) in [4.78, 5) is 5.87. The van der Waals surface area contributed by atoms with Crippen molar-refractivity contribution in [2.45, 2.75) is 13.5 Å². The summed E-state index contributed by atoms with van der Waals surface area (Å²) < 4.78 is 2.22. The van der Waals surface area contributed by atoms with Crippen LogP contribution in [0.1, 0.15) is 11.1 Å². The molecule has 134 valence electrons. The van der Waals surface area contributed by atoms with E-state index in [-0.39, 0.29) is 0 Å². The van der Waals surface area contributed by atoms with Gasteiger partial charge in [0.05, 0.1) is 12.2 Å². The summed E-state index contributed by atoms with van der Waals surface area (Å²) in [7, 11) is 0. The fourth-order valence-corrected chi connectivity index (χ4v) is 3.96. The van der Waals surface area contributed by atoms with Crippen molar-refractivity contribution in [2.24, 2.45) is 4.99 Å². The first-order valence-electron chi connectivity index (χ1n) is 8.79. The molecule has 0 aliphatic rings. The maximum Gasteiger partial charge on any atom is 0.190 e. The molecule has 0 amide bonds. The second kappa shape index (κ2) is 7.95. The third-order valence-electron chi connectivity index (χ3n) is 4.38. The molecule has 0 N–H and O–H groups in total. The highest BCUT2D eigenvalue weighted by Gasteiger charge is 2.10. The standard InChI is InChI=1S/C23H19ClN2S/c1-17-7-13-21(14-8-17)26-22(19-9-11-20(24)12-10-19)16-27-23(26)25-15-18-5-3-2-4-6-18/h2-14,16H,15H2,1H3. The predicted molar refractivity (Wildman–Crippen MR) is 115 cm³/mol. The van der Waals surface area contributed by atoms with Crippen LogP contribution in [-0.4, -0.2) is 4.57 Å². The van der Waals surface area contributed by atoms with Crippen LogP contribution in [0, 0.1) is 6.92 Å². The van der Waals surface area contributed by atoms with Gasteiger partial charge in [0.25, 0.3) is 0 Å². The van der Waals surface area contributed by atoms with Crippen LogP contribution in [0.15, 0.2) is 89.2 Å². The van der Waals surface area contributed by atoms with Gasteiger partial charge in [-0.3, -0.25) is 9.56 Å². The molecule has 4 rings (SSSR count). The number of thiazole rings is 1. The Labute approximate surface area is 168 Å². The molecule has 0 aliphatic heterocycles. The molecule has 0 saturated carbocycles. The molecule has 3 aromatic carbocycles. The van der Waals surface area contributed by atoms with Crippen molar-refractivity contribution in [3.8, 4) is 16.9 Å². The zero-order valence-electron chi connectivity index (χ0n) is 15.0. The summed E-state index contributed by atoms with van der Waals surface area (Å²) >= 11 is 7.73. The van der Waals surface area contributed by atoms with E-state index < -0.39 is 0 Å². The SMILES string of the molecule is Cc1ccc(-n2c(-c3ccc(Cl)cc3)csc2=NCc2ccccc2)cc1. The Bertz CT molecular complexity index is 1090. The van der Waals surface area contributed by atoms with E-state index in [1.165, 1.54) is 11.1 Å². The Balaban J connectivity index is 1.84. The molecule has 1 heterocycles. The van der Waals surface area contributed by atoms with Gasteiger partial charge in [-0.15, -0.1) is 11.3 Å². The molecule has 0 aliphatic carbocycles. The molecule has 0 bridgehead atoms. The van der Waals surface area contributed by atoms with Crippen LogP contribution < -0.4 is 4.80 Å². The van der Waals surface area contributed by atoms with Gasteiger partial charge in [0, 0.05) is 16.1 Å². The number of nitrogens with zero attached hydrogens (tertiary/aromatic N) is 2. The van der Waals surface area contributed by atoms with Crippen LogP contribution in [0.2, 0.25) is 5.02 Å². The first-order valence-corrected chi connectivity index (χ1v) is 10.0. The minimum absolute atomic E-state index is 0.660. The minimum atomic E-state index is 0.660. The third-order valence-corrected chi connectivity index (χ3v) is 5.50. The third kappa shape index (κ3) is 4.05. The number of aromatic nitrogens is 1.